The van der Waals surface area contributed by atoms with Crippen molar-refractivity contribution in [1.82, 2.24) is 5.43 Å². The van der Waals surface area contributed by atoms with Crippen molar-refractivity contribution in [2.24, 2.45) is 5.10 Å². The highest BCUT2D eigenvalue weighted by Crippen LogP contribution is 2.07. The quantitative estimate of drug-likeness (QED) is 0.675. The Morgan fingerprint density at radius 1 is 1.10 bits per heavy atom. The Bertz CT molecular complexity index is 648. The van der Waals surface area contributed by atoms with E-state index in [4.69, 9.17) is 0 Å². The maximum Gasteiger partial charge on any atom is 0.274 e. The van der Waals surface area contributed by atoms with Crippen LogP contribution < -0.4 is 5.43 Å². The maximum atomic E-state index is 13.4. The van der Waals surface area contributed by atoms with Gasteiger partial charge in [-0.1, -0.05) is 42.0 Å². The summed E-state index contributed by atoms with van der Waals surface area (Å²) in [4.78, 5) is 11.8. The molecule has 0 fully saturated rings. The number of carbonyl (C=O) groups is 1. The number of nitrogens with one attached hydrogen (secondary N) is 1. The van der Waals surface area contributed by atoms with Crippen LogP contribution in [0.4, 0.5) is 4.39 Å². The minimum Gasteiger partial charge on any atom is -0.267 e. The Hall–Kier alpha value is -2.49. The Morgan fingerprint density at radius 2 is 1.75 bits per heavy atom. The largest absolute Gasteiger partial charge is 0.274 e. The van der Waals surface area contributed by atoms with Crippen LogP contribution >= 0.6 is 0 Å². The highest BCUT2D eigenvalue weighted by molar-refractivity contribution is 6.00. The van der Waals surface area contributed by atoms with Crippen LogP contribution in [0.15, 0.2) is 53.6 Å². The summed E-state index contributed by atoms with van der Waals surface area (Å²) in [7, 11) is 0. The number of benzene rings is 2. The zero-order chi connectivity index (χ0) is 14.5. The molecule has 0 saturated heterocycles. The second-order valence-corrected chi connectivity index (χ2v) is 4.48. The molecule has 0 heterocycles. The van der Waals surface area contributed by atoms with Crippen molar-refractivity contribution in [1.29, 1.82) is 0 Å². The molecule has 4 heteroatoms. The molecule has 2 aromatic rings. The van der Waals surface area contributed by atoms with E-state index in [0.29, 0.717) is 5.71 Å². The van der Waals surface area contributed by atoms with Crippen molar-refractivity contribution in [3.05, 3.63) is 71.0 Å². The van der Waals surface area contributed by atoms with Gasteiger partial charge in [0.15, 0.2) is 0 Å². The molecule has 0 aliphatic heterocycles. The van der Waals surface area contributed by atoms with Crippen molar-refractivity contribution < 1.29 is 9.18 Å². The van der Waals surface area contributed by atoms with Gasteiger partial charge >= 0.3 is 0 Å². The van der Waals surface area contributed by atoms with Crippen LogP contribution in [0, 0.1) is 12.7 Å². The van der Waals surface area contributed by atoms with E-state index in [0.717, 1.165) is 11.1 Å². The fourth-order valence-electron chi connectivity index (χ4n) is 1.70. The summed E-state index contributed by atoms with van der Waals surface area (Å²) < 4.78 is 13.4. The van der Waals surface area contributed by atoms with Crippen LogP contribution in [0.3, 0.4) is 0 Å². The fourth-order valence-corrected chi connectivity index (χ4v) is 1.70. The molecule has 20 heavy (non-hydrogen) atoms. The van der Waals surface area contributed by atoms with Gasteiger partial charge in [0.25, 0.3) is 5.91 Å². The molecule has 0 unspecified atom stereocenters. The smallest absolute Gasteiger partial charge is 0.267 e. The van der Waals surface area contributed by atoms with E-state index in [2.05, 4.69) is 10.5 Å². The average molecular weight is 270 g/mol. The molecule has 2 aromatic carbocycles. The number of halogens is 1. The van der Waals surface area contributed by atoms with Crippen molar-refractivity contribution in [2.75, 3.05) is 0 Å². The topological polar surface area (TPSA) is 41.5 Å². The van der Waals surface area contributed by atoms with Gasteiger partial charge in [0.05, 0.1) is 11.3 Å². The van der Waals surface area contributed by atoms with Gasteiger partial charge in [-0.3, -0.25) is 4.79 Å². The van der Waals surface area contributed by atoms with Gasteiger partial charge < -0.3 is 0 Å². The summed E-state index contributed by atoms with van der Waals surface area (Å²) in [6.07, 6.45) is 0. The minimum atomic E-state index is -0.562. The van der Waals surface area contributed by atoms with E-state index in [9.17, 15) is 9.18 Å². The number of amides is 1. The van der Waals surface area contributed by atoms with Crippen LogP contribution in [0.5, 0.6) is 0 Å². The molecule has 0 aliphatic rings. The van der Waals surface area contributed by atoms with Gasteiger partial charge in [-0.2, -0.15) is 5.10 Å². The molecule has 0 radical (unpaired) electrons. The van der Waals surface area contributed by atoms with Crippen molar-refractivity contribution in [2.45, 2.75) is 13.8 Å². The predicted molar refractivity (Wildman–Crippen MR) is 77.3 cm³/mol. The van der Waals surface area contributed by atoms with E-state index in [1.54, 1.807) is 13.0 Å². The lowest BCUT2D eigenvalue weighted by Crippen LogP contribution is -2.20. The molecule has 102 valence electrons. The Kier molecular flexibility index (Phi) is 4.25. The molecular formula is C16H15FN2O. The summed E-state index contributed by atoms with van der Waals surface area (Å²) in [5.41, 5.74) is 5.06. The predicted octanol–water partition coefficient (Wildman–Crippen LogP) is 3.29. The van der Waals surface area contributed by atoms with Gasteiger partial charge in [-0.05, 0) is 31.5 Å². The van der Waals surface area contributed by atoms with E-state index in [1.807, 2.05) is 31.2 Å². The minimum absolute atomic E-state index is 0.0204. The lowest BCUT2D eigenvalue weighted by molar-refractivity contribution is 0.0951. The van der Waals surface area contributed by atoms with Gasteiger partial charge in [-0.15, -0.1) is 0 Å². The summed E-state index contributed by atoms with van der Waals surface area (Å²) >= 11 is 0. The number of hydrogen-bond donors (Lipinski definition) is 1. The first-order valence-electron chi connectivity index (χ1n) is 6.24. The lowest BCUT2D eigenvalue weighted by Gasteiger charge is -2.04. The third kappa shape index (κ3) is 3.29. The van der Waals surface area contributed by atoms with Crippen molar-refractivity contribution in [3.8, 4) is 0 Å². The Balaban J connectivity index is 2.11. The van der Waals surface area contributed by atoms with Gasteiger partial charge in [-0.25, -0.2) is 9.82 Å². The average Bonchev–Trinajstić information content (AvgIpc) is 2.45. The van der Waals surface area contributed by atoms with Gasteiger partial charge in [0.2, 0.25) is 0 Å². The number of aryl methyl sites for hydroxylation is 1. The highest BCUT2D eigenvalue weighted by Gasteiger charge is 2.09. The zero-order valence-corrected chi connectivity index (χ0v) is 11.4. The summed E-state index contributed by atoms with van der Waals surface area (Å²) in [6, 6.07) is 13.6. The number of nitrogens with zero attached hydrogens (tertiary/aromatic N) is 1. The van der Waals surface area contributed by atoms with E-state index in [1.165, 1.54) is 18.2 Å². The Morgan fingerprint density at radius 3 is 2.40 bits per heavy atom. The van der Waals surface area contributed by atoms with Crippen molar-refractivity contribution in [3.63, 3.8) is 0 Å². The van der Waals surface area contributed by atoms with Gasteiger partial charge in [0, 0.05) is 0 Å². The van der Waals surface area contributed by atoms with Gasteiger partial charge in [0.1, 0.15) is 5.82 Å². The van der Waals surface area contributed by atoms with Crippen molar-refractivity contribution >= 4 is 11.6 Å². The third-order valence-electron chi connectivity index (χ3n) is 2.91. The summed E-state index contributed by atoms with van der Waals surface area (Å²) in [5.74, 6) is -1.12. The number of hydrogen-bond acceptors (Lipinski definition) is 2. The highest BCUT2D eigenvalue weighted by atomic mass is 19.1. The number of carbonyl (C=O) groups excluding carboxylic acids is 1. The molecule has 0 saturated carbocycles. The second-order valence-electron chi connectivity index (χ2n) is 4.48. The first-order valence-corrected chi connectivity index (χ1v) is 6.24. The van der Waals surface area contributed by atoms with Crippen LogP contribution in [-0.2, 0) is 0 Å². The summed E-state index contributed by atoms with van der Waals surface area (Å²) in [5, 5.41) is 3.99. The first-order chi connectivity index (χ1) is 9.58. The molecule has 3 nitrogen and oxygen atoms in total. The summed E-state index contributed by atoms with van der Waals surface area (Å²) in [6.45, 7) is 3.78. The van der Waals surface area contributed by atoms with Crippen LogP contribution in [0.2, 0.25) is 0 Å². The number of hydrazone groups is 1. The first kappa shape index (κ1) is 13.9. The van der Waals surface area contributed by atoms with E-state index < -0.39 is 11.7 Å². The van der Waals surface area contributed by atoms with Crippen LogP contribution in [0.1, 0.15) is 28.4 Å². The van der Waals surface area contributed by atoms with Crippen LogP contribution in [0.25, 0.3) is 0 Å². The molecule has 0 atom stereocenters. The lowest BCUT2D eigenvalue weighted by atomic mass is 10.1. The Labute approximate surface area is 117 Å². The number of rotatable bonds is 3. The zero-order valence-electron chi connectivity index (χ0n) is 11.4. The fraction of sp³-hybridized carbons (Fsp3) is 0.125. The maximum absolute atomic E-state index is 13.4. The van der Waals surface area contributed by atoms with E-state index in [-0.39, 0.29) is 5.56 Å². The van der Waals surface area contributed by atoms with Crippen LogP contribution in [-0.4, -0.2) is 11.6 Å². The van der Waals surface area contributed by atoms with E-state index >= 15 is 0 Å². The molecule has 0 bridgehead atoms. The SMILES string of the molecule is C/C(=N/NC(=O)c1ccccc1F)c1ccc(C)cc1. The third-order valence-corrected chi connectivity index (χ3v) is 2.91. The monoisotopic (exact) mass is 270 g/mol. The second kappa shape index (κ2) is 6.10. The molecule has 0 spiro atoms. The normalized spacial score (nSPS) is 11.2. The molecule has 0 aromatic heterocycles. The molecule has 1 amide bonds. The molecule has 0 aliphatic carbocycles. The molecule has 2 rings (SSSR count). The molecular weight excluding hydrogens is 255 g/mol. The molecule has 1 N–H and O–H groups in total. The standard InChI is InChI=1S/C16H15FN2O/c1-11-7-9-13(10-8-11)12(2)18-19-16(20)14-5-3-4-6-15(14)17/h3-10H,1-2H3,(H,19,20)/b18-12-.